The zero-order chi connectivity index (χ0) is 30.9. The van der Waals surface area contributed by atoms with Crippen molar-refractivity contribution in [3.8, 4) is 0 Å². The minimum atomic E-state index is 1.22. The van der Waals surface area contributed by atoms with Gasteiger partial charge in [-0.2, -0.15) is 0 Å². The Labute approximate surface area is 272 Å². The quantitative estimate of drug-likeness (QED) is 0.0540. The number of rotatable bonds is 35. The van der Waals surface area contributed by atoms with Gasteiger partial charge in [-0.1, -0.05) is 194 Å². The van der Waals surface area contributed by atoms with Crippen LogP contribution in [0.5, 0.6) is 0 Å². The van der Waals surface area contributed by atoms with E-state index in [2.05, 4.69) is 42.3 Å². The van der Waals surface area contributed by atoms with Crippen molar-refractivity contribution >= 4 is 0 Å². The van der Waals surface area contributed by atoms with Crippen molar-refractivity contribution in [2.24, 2.45) is 0 Å². The van der Waals surface area contributed by atoms with Crippen LogP contribution in [0.25, 0.3) is 0 Å². The smallest absolute Gasteiger partial charge is 0.234 e. The summed E-state index contributed by atoms with van der Waals surface area (Å²) in [5.41, 5.74) is 0. The molecule has 0 N–H and O–H groups in total. The van der Waals surface area contributed by atoms with Crippen LogP contribution in [0.15, 0.2) is 12.4 Å². The molecule has 0 unspecified atom stereocenters. The molecule has 1 rings (SSSR count). The van der Waals surface area contributed by atoms with Crippen LogP contribution in [0.4, 0.5) is 0 Å². The highest BCUT2D eigenvalue weighted by Crippen LogP contribution is 2.16. The maximum Gasteiger partial charge on any atom is 0.256 e. The van der Waals surface area contributed by atoms with Gasteiger partial charge in [0.1, 0.15) is 12.4 Å². The summed E-state index contributed by atoms with van der Waals surface area (Å²) in [7, 11) is 0. The van der Waals surface area contributed by atoms with Gasteiger partial charge in [-0.05, 0) is 32.1 Å². The first-order chi connectivity index (χ1) is 21.3. The lowest BCUT2D eigenvalue weighted by Gasteiger charge is -2.07. The van der Waals surface area contributed by atoms with Crippen molar-refractivity contribution < 1.29 is 4.57 Å². The highest BCUT2D eigenvalue weighted by molar-refractivity contribution is 4.84. The number of unbranched alkanes of at least 4 members (excludes halogenated alkanes) is 29. The Morgan fingerprint density at radius 2 is 0.721 bits per heavy atom. The molecular weight excluding hydrogens is 520 g/mol. The fraction of sp³-hybridized carbons (Fsp3) is 0.927. The number of aromatic nitrogens is 2. The second kappa shape index (κ2) is 32.6. The molecule has 0 fully saturated rings. The third-order valence-electron chi connectivity index (χ3n) is 9.85. The Morgan fingerprint density at radius 1 is 0.395 bits per heavy atom. The van der Waals surface area contributed by atoms with E-state index in [4.69, 9.17) is 0 Å². The predicted molar refractivity (Wildman–Crippen MR) is 193 cm³/mol. The van der Waals surface area contributed by atoms with E-state index in [1.165, 1.54) is 225 Å². The van der Waals surface area contributed by atoms with Gasteiger partial charge < -0.3 is 0 Å². The van der Waals surface area contributed by atoms with Gasteiger partial charge in [-0.15, -0.1) is 0 Å². The Hall–Kier alpha value is -0.790. The number of hydrogen-bond acceptors (Lipinski definition) is 0. The lowest BCUT2D eigenvalue weighted by molar-refractivity contribution is -0.704. The van der Waals surface area contributed by atoms with E-state index in [-0.39, 0.29) is 0 Å². The molecule has 0 bridgehead atoms. The summed E-state index contributed by atoms with van der Waals surface area (Å²) in [5.74, 6) is 1.61. The molecule has 0 spiro atoms. The lowest BCUT2D eigenvalue weighted by atomic mass is 10.0. The molecule has 0 aliphatic rings. The lowest BCUT2D eigenvalue weighted by Crippen LogP contribution is -2.37. The number of nitrogens with zero attached hydrogens (tertiary/aromatic N) is 2. The molecule has 254 valence electrons. The SMILES string of the molecule is CCCCCCCCCCCCCCCCCCn1cc[n+](CCCCC)c1CCCCCCCCCCCCCCC. The average molecular weight is 602 g/mol. The first-order valence-electron chi connectivity index (χ1n) is 20.4. The van der Waals surface area contributed by atoms with Crippen molar-refractivity contribution in [1.82, 2.24) is 4.57 Å². The van der Waals surface area contributed by atoms with E-state index in [9.17, 15) is 0 Å². The van der Waals surface area contributed by atoms with Gasteiger partial charge in [0.15, 0.2) is 0 Å². The largest absolute Gasteiger partial charge is 0.256 e. The molecule has 0 aliphatic heterocycles. The highest BCUT2D eigenvalue weighted by Gasteiger charge is 2.16. The highest BCUT2D eigenvalue weighted by atomic mass is 15.1. The third kappa shape index (κ3) is 25.1. The van der Waals surface area contributed by atoms with Gasteiger partial charge in [0, 0.05) is 6.42 Å². The zero-order valence-corrected chi connectivity index (χ0v) is 30.3. The van der Waals surface area contributed by atoms with Gasteiger partial charge >= 0.3 is 0 Å². The summed E-state index contributed by atoms with van der Waals surface area (Å²) in [6.45, 7) is 9.39. The summed E-state index contributed by atoms with van der Waals surface area (Å²) >= 11 is 0. The zero-order valence-electron chi connectivity index (χ0n) is 30.3. The molecule has 2 heteroatoms. The molecule has 0 saturated heterocycles. The van der Waals surface area contributed by atoms with Crippen molar-refractivity contribution in [2.45, 2.75) is 246 Å². The molecule has 0 atom stereocenters. The Balaban J connectivity index is 2.11. The molecule has 43 heavy (non-hydrogen) atoms. The average Bonchev–Trinajstić information content (AvgIpc) is 3.40. The normalized spacial score (nSPS) is 11.6. The standard InChI is InChI=1S/C41H81N2/c1-4-7-10-12-14-16-18-20-21-22-24-26-28-30-32-35-38-43-40-39-42(37-34-9-6-3)41(43)36-33-31-29-27-25-23-19-17-15-13-11-8-5-2/h39-40H,4-38H2,1-3H3/q+1. The van der Waals surface area contributed by atoms with Gasteiger partial charge in [-0.25, -0.2) is 9.13 Å². The van der Waals surface area contributed by atoms with Crippen LogP contribution >= 0.6 is 0 Å². The van der Waals surface area contributed by atoms with Crippen LogP contribution in [0.1, 0.15) is 232 Å². The minimum absolute atomic E-state index is 1.22. The summed E-state index contributed by atoms with van der Waals surface area (Å²) < 4.78 is 5.22. The number of imidazole rings is 1. The Morgan fingerprint density at radius 3 is 1.12 bits per heavy atom. The van der Waals surface area contributed by atoms with Crippen LogP contribution in [0.2, 0.25) is 0 Å². The molecule has 0 aliphatic carbocycles. The van der Waals surface area contributed by atoms with Crippen molar-refractivity contribution in [2.75, 3.05) is 0 Å². The van der Waals surface area contributed by atoms with Gasteiger partial charge in [-0.3, -0.25) is 0 Å². The molecule has 1 aromatic heterocycles. The van der Waals surface area contributed by atoms with E-state index >= 15 is 0 Å². The summed E-state index contributed by atoms with van der Waals surface area (Å²) in [5, 5.41) is 0. The number of hydrogen-bond donors (Lipinski definition) is 0. The fourth-order valence-corrected chi connectivity index (χ4v) is 6.86. The van der Waals surface area contributed by atoms with Crippen molar-refractivity contribution in [3.63, 3.8) is 0 Å². The van der Waals surface area contributed by atoms with Crippen LogP contribution in [0.3, 0.4) is 0 Å². The van der Waals surface area contributed by atoms with Gasteiger partial charge in [0.25, 0.3) is 5.82 Å². The van der Waals surface area contributed by atoms with E-state index < -0.39 is 0 Å². The second-order valence-corrected chi connectivity index (χ2v) is 14.1. The molecule has 0 amide bonds. The van der Waals surface area contributed by atoms with E-state index in [1.807, 2.05) is 0 Å². The minimum Gasteiger partial charge on any atom is -0.234 e. The number of aryl methyl sites for hydroxylation is 2. The Bertz CT molecular complexity index is 663. The first kappa shape index (κ1) is 40.2. The van der Waals surface area contributed by atoms with E-state index in [0.717, 1.165) is 0 Å². The molecular formula is C41H81N2+. The maximum absolute atomic E-state index is 2.62. The van der Waals surface area contributed by atoms with Crippen LogP contribution in [0, 0.1) is 0 Å². The van der Waals surface area contributed by atoms with Gasteiger partial charge in [0.2, 0.25) is 0 Å². The molecule has 0 radical (unpaired) electrons. The fourth-order valence-electron chi connectivity index (χ4n) is 6.86. The van der Waals surface area contributed by atoms with E-state index in [1.54, 1.807) is 5.82 Å². The van der Waals surface area contributed by atoms with Crippen LogP contribution in [-0.2, 0) is 19.5 Å². The second-order valence-electron chi connectivity index (χ2n) is 14.1. The monoisotopic (exact) mass is 602 g/mol. The summed E-state index contributed by atoms with van der Waals surface area (Å²) in [6, 6.07) is 0. The summed E-state index contributed by atoms with van der Waals surface area (Å²) in [6.07, 6.45) is 51.9. The van der Waals surface area contributed by atoms with Crippen LogP contribution < -0.4 is 4.57 Å². The van der Waals surface area contributed by atoms with Gasteiger partial charge in [0.05, 0.1) is 13.1 Å². The molecule has 2 nitrogen and oxygen atoms in total. The third-order valence-corrected chi connectivity index (χ3v) is 9.85. The molecule has 0 saturated carbocycles. The maximum atomic E-state index is 2.62. The molecule has 1 aromatic rings. The Kier molecular flexibility index (Phi) is 30.5. The summed E-state index contributed by atoms with van der Waals surface area (Å²) in [4.78, 5) is 0. The predicted octanol–water partition coefficient (Wildman–Crippen LogP) is 13.9. The van der Waals surface area contributed by atoms with Crippen LogP contribution in [-0.4, -0.2) is 4.57 Å². The molecule has 0 aromatic carbocycles. The van der Waals surface area contributed by atoms with Crippen molar-refractivity contribution in [3.05, 3.63) is 18.2 Å². The first-order valence-corrected chi connectivity index (χ1v) is 20.4. The molecule has 1 heterocycles. The van der Waals surface area contributed by atoms with Crippen molar-refractivity contribution in [1.29, 1.82) is 0 Å². The topological polar surface area (TPSA) is 8.81 Å². The van der Waals surface area contributed by atoms with E-state index in [0.29, 0.717) is 0 Å².